The molecule has 1 aromatic carbocycles. The molecule has 7 heteroatoms. The molecule has 0 N–H and O–H groups in total. The van der Waals surface area contributed by atoms with Crippen LogP contribution in [0.25, 0.3) is 11.3 Å². The van der Waals surface area contributed by atoms with Crippen molar-refractivity contribution < 1.29 is 17.9 Å². The lowest BCUT2D eigenvalue weighted by molar-refractivity contribution is 0.112. The van der Waals surface area contributed by atoms with Crippen LogP contribution >= 0.6 is 0 Å². The Morgan fingerprint density at radius 2 is 1.96 bits per heavy atom. The normalized spacial score (nSPS) is 13.4. The lowest BCUT2D eigenvalue weighted by Gasteiger charge is -2.13. The number of aryl methyl sites for hydroxylation is 1. The van der Waals surface area contributed by atoms with Gasteiger partial charge < -0.3 is 4.74 Å². The number of aromatic nitrogens is 2. The second-order valence-corrected chi connectivity index (χ2v) is 8.19. The molecule has 2 heterocycles. The van der Waals surface area contributed by atoms with Gasteiger partial charge in [0.05, 0.1) is 19.0 Å². The average molecular weight is 382 g/mol. The first-order valence-electron chi connectivity index (χ1n) is 8.59. The van der Waals surface area contributed by atoms with Crippen LogP contribution in [0.1, 0.15) is 27.9 Å². The maximum absolute atomic E-state index is 13.3. The van der Waals surface area contributed by atoms with E-state index in [9.17, 15) is 13.2 Å². The maximum atomic E-state index is 13.3. The van der Waals surface area contributed by atoms with E-state index in [-0.39, 0.29) is 4.90 Å². The largest absolute Gasteiger partial charge is 0.481 e. The molecule has 0 amide bonds. The van der Waals surface area contributed by atoms with E-state index < -0.39 is 10.0 Å². The summed E-state index contributed by atoms with van der Waals surface area (Å²) in [6.45, 7) is 0. The average Bonchev–Trinajstić information content (AvgIpc) is 2.97. The fraction of sp³-hybridized carbons (Fsp3) is 0.200. The molecule has 0 unspecified atom stereocenters. The van der Waals surface area contributed by atoms with E-state index in [0.717, 1.165) is 35.8 Å². The summed E-state index contributed by atoms with van der Waals surface area (Å²) in [5.74, 6) is 0.333. The van der Waals surface area contributed by atoms with Crippen LogP contribution in [-0.2, 0) is 22.9 Å². The number of carbonyl (C=O) groups excluding carboxylic acids is 1. The number of benzene rings is 1. The van der Waals surface area contributed by atoms with E-state index in [1.165, 1.54) is 35.6 Å². The van der Waals surface area contributed by atoms with Crippen LogP contribution < -0.4 is 4.74 Å². The lowest BCUT2D eigenvalue weighted by Crippen LogP contribution is -2.14. The number of ether oxygens (including phenoxy) is 1. The number of hydrogen-bond acceptors (Lipinski definition) is 5. The fourth-order valence-electron chi connectivity index (χ4n) is 3.55. The minimum atomic E-state index is -3.91. The van der Waals surface area contributed by atoms with Crippen LogP contribution in [-0.4, -0.2) is 30.8 Å². The number of carbonyl (C=O) groups is 1. The number of pyridine rings is 1. The molecule has 0 saturated heterocycles. The molecule has 0 fully saturated rings. The van der Waals surface area contributed by atoms with Gasteiger partial charge in [-0.2, -0.15) is 0 Å². The Morgan fingerprint density at radius 1 is 1.15 bits per heavy atom. The Balaban J connectivity index is 1.97. The first kappa shape index (κ1) is 17.5. The highest BCUT2D eigenvalue weighted by Crippen LogP contribution is 2.37. The summed E-state index contributed by atoms with van der Waals surface area (Å²) in [6.07, 6.45) is 5.77. The molecule has 2 aromatic heterocycles. The number of nitrogens with zero attached hydrogens (tertiary/aromatic N) is 2. The second-order valence-electron chi connectivity index (χ2n) is 6.38. The van der Waals surface area contributed by atoms with Gasteiger partial charge in [-0.1, -0.05) is 24.3 Å². The standard InChI is InChI=1S/C20H18N2O4S/c1-26-19-10-9-16(11-21-19)27(24,25)22-12-15(13-23)18-8-4-6-14-5-2-3-7-17(14)20(18)22/h2-3,5,7,9-13H,4,6,8H2,1H3. The first-order valence-corrected chi connectivity index (χ1v) is 10.0. The van der Waals surface area contributed by atoms with E-state index in [4.69, 9.17) is 4.74 Å². The van der Waals surface area contributed by atoms with Crippen molar-refractivity contribution in [2.24, 2.45) is 0 Å². The van der Waals surface area contributed by atoms with Gasteiger partial charge >= 0.3 is 0 Å². The van der Waals surface area contributed by atoms with Crippen molar-refractivity contribution in [1.29, 1.82) is 0 Å². The summed E-state index contributed by atoms with van der Waals surface area (Å²) in [5, 5.41) is 0. The third-order valence-corrected chi connectivity index (χ3v) is 6.50. The quantitative estimate of drug-likeness (QED) is 0.648. The van der Waals surface area contributed by atoms with Gasteiger partial charge in [0.2, 0.25) is 5.88 Å². The molecule has 138 valence electrons. The summed E-state index contributed by atoms with van der Waals surface area (Å²) in [7, 11) is -2.45. The van der Waals surface area contributed by atoms with Crippen molar-refractivity contribution in [2.75, 3.05) is 7.11 Å². The molecule has 3 aromatic rings. The summed E-state index contributed by atoms with van der Waals surface area (Å²) in [6, 6.07) is 10.7. The van der Waals surface area contributed by atoms with E-state index >= 15 is 0 Å². The highest BCUT2D eigenvalue weighted by atomic mass is 32.2. The number of methoxy groups -OCH3 is 1. The number of aldehydes is 1. The van der Waals surface area contributed by atoms with Gasteiger partial charge in [0, 0.05) is 23.4 Å². The molecule has 1 aliphatic rings. The van der Waals surface area contributed by atoms with Crippen molar-refractivity contribution >= 4 is 16.3 Å². The van der Waals surface area contributed by atoms with Crippen LogP contribution in [0.3, 0.4) is 0 Å². The van der Waals surface area contributed by atoms with Crippen LogP contribution in [0.4, 0.5) is 0 Å². The molecule has 0 spiro atoms. The Bertz CT molecular complexity index is 1120. The van der Waals surface area contributed by atoms with Crippen molar-refractivity contribution in [3.63, 3.8) is 0 Å². The van der Waals surface area contributed by atoms with Gasteiger partial charge in [0.25, 0.3) is 10.0 Å². The predicted octanol–water partition coefficient (Wildman–Crippen LogP) is 3.10. The Morgan fingerprint density at radius 3 is 2.67 bits per heavy atom. The minimum Gasteiger partial charge on any atom is -0.481 e. The van der Waals surface area contributed by atoms with Gasteiger partial charge in [0.1, 0.15) is 4.90 Å². The molecule has 1 aliphatic carbocycles. The van der Waals surface area contributed by atoms with Gasteiger partial charge in [-0.05, 0) is 36.5 Å². The number of rotatable bonds is 4. The van der Waals surface area contributed by atoms with Gasteiger partial charge in [-0.3, -0.25) is 4.79 Å². The molecule has 0 atom stereocenters. The minimum absolute atomic E-state index is 0.0419. The predicted molar refractivity (Wildman–Crippen MR) is 101 cm³/mol. The molecule has 0 aliphatic heterocycles. The zero-order valence-electron chi connectivity index (χ0n) is 14.8. The van der Waals surface area contributed by atoms with E-state index in [1.54, 1.807) is 0 Å². The molecular weight excluding hydrogens is 364 g/mol. The maximum Gasteiger partial charge on any atom is 0.269 e. The highest BCUT2D eigenvalue weighted by Gasteiger charge is 2.28. The molecule has 27 heavy (non-hydrogen) atoms. The Kier molecular flexibility index (Phi) is 4.31. The highest BCUT2D eigenvalue weighted by molar-refractivity contribution is 7.90. The van der Waals surface area contributed by atoms with Crippen molar-refractivity contribution in [2.45, 2.75) is 24.2 Å². The van der Waals surface area contributed by atoms with Crippen LogP contribution in [0, 0.1) is 0 Å². The smallest absolute Gasteiger partial charge is 0.269 e. The lowest BCUT2D eigenvalue weighted by atomic mass is 10.0. The molecule has 0 radical (unpaired) electrons. The summed E-state index contributed by atoms with van der Waals surface area (Å²) in [4.78, 5) is 15.7. The van der Waals surface area contributed by atoms with Crippen molar-refractivity contribution in [3.8, 4) is 17.1 Å². The van der Waals surface area contributed by atoms with Crippen molar-refractivity contribution in [3.05, 3.63) is 65.5 Å². The topological polar surface area (TPSA) is 78.3 Å². The SMILES string of the molecule is COc1ccc(S(=O)(=O)n2cc(C=O)c3c2-c2ccccc2CCC3)cn1. The molecular formula is C20H18N2O4S. The van der Waals surface area contributed by atoms with Gasteiger partial charge in [-0.15, -0.1) is 0 Å². The van der Waals surface area contributed by atoms with Crippen LogP contribution in [0.5, 0.6) is 5.88 Å². The monoisotopic (exact) mass is 382 g/mol. The summed E-state index contributed by atoms with van der Waals surface area (Å²) in [5.41, 5.74) is 3.69. The van der Waals surface area contributed by atoms with Crippen LogP contribution in [0.2, 0.25) is 0 Å². The number of hydrogen-bond donors (Lipinski definition) is 0. The number of fused-ring (bicyclic) bond motifs is 3. The third kappa shape index (κ3) is 2.84. The van der Waals surface area contributed by atoms with Gasteiger partial charge in [0.15, 0.2) is 6.29 Å². The van der Waals surface area contributed by atoms with E-state index in [2.05, 4.69) is 4.98 Å². The first-order chi connectivity index (χ1) is 13.1. The fourth-order valence-corrected chi connectivity index (χ4v) is 4.91. The summed E-state index contributed by atoms with van der Waals surface area (Å²) < 4.78 is 32.9. The molecule has 6 nitrogen and oxygen atoms in total. The third-order valence-electron chi connectivity index (χ3n) is 4.86. The molecule has 4 rings (SSSR count). The molecule has 0 bridgehead atoms. The Labute approximate surface area is 157 Å². The van der Waals surface area contributed by atoms with Gasteiger partial charge in [-0.25, -0.2) is 17.4 Å². The second kappa shape index (κ2) is 6.66. The summed E-state index contributed by atoms with van der Waals surface area (Å²) >= 11 is 0. The van der Waals surface area contributed by atoms with E-state index in [0.29, 0.717) is 23.6 Å². The zero-order chi connectivity index (χ0) is 19.0. The Hall–Kier alpha value is -2.93. The molecule has 0 saturated carbocycles. The van der Waals surface area contributed by atoms with Crippen LogP contribution in [0.15, 0.2) is 53.7 Å². The zero-order valence-corrected chi connectivity index (χ0v) is 15.6. The van der Waals surface area contributed by atoms with Crippen molar-refractivity contribution in [1.82, 2.24) is 8.96 Å². The van der Waals surface area contributed by atoms with E-state index in [1.807, 2.05) is 24.3 Å².